The summed E-state index contributed by atoms with van der Waals surface area (Å²) in [6, 6.07) is 7.35. The Kier molecular flexibility index (Phi) is 4.38. The summed E-state index contributed by atoms with van der Waals surface area (Å²) in [5.41, 5.74) is -0.800. The van der Waals surface area contributed by atoms with Gasteiger partial charge in [0.2, 0.25) is 0 Å². The number of carbonyl (C=O) groups excluding carboxylic acids is 1. The molecule has 1 heterocycles. The first-order valence-corrected chi connectivity index (χ1v) is 7.60. The molecule has 2 rings (SSSR count). The van der Waals surface area contributed by atoms with Crippen molar-refractivity contribution in [3.05, 3.63) is 63.4 Å². The van der Waals surface area contributed by atoms with Crippen LogP contribution in [0.15, 0.2) is 47.5 Å². The fourth-order valence-corrected chi connectivity index (χ4v) is 2.97. The van der Waals surface area contributed by atoms with E-state index >= 15 is 0 Å². The number of hydrogen-bond donors (Lipinski definition) is 1. The normalized spacial score (nSPS) is 11.0. The molecule has 2 aromatic rings. The number of pyridine rings is 1. The molecule has 10 heteroatoms. The van der Waals surface area contributed by atoms with E-state index < -0.39 is 31.4 Å². The van der Waals surface area contributed by atoms with Crippen LogP contribution in [0.4, 0.5) is 5.69 Å². The lowest BCUT2D eigenvalue weighted by atomic mass is 10.3. The van der Waals surface area contributed by atoms with Crippen molar-refractivity contribution in [2.24, 2.45) is 0 Å². The average molecular weight is 342 g/mol. The van der Waals surface area contributed by atoms with E-state index in [4.69, 9.17) is 11.6 Å². The Morgan fingerprint density at radius 2 is 1.91 bits per heavy atom. The fourth-order valence-electron chi connectivity index (χ4n) is 1.62. The van der Waals surface area contributed by atoms with Crippen molar-refractivity contribution in [3.63, 3.8) is 0 Å². The smallest absolute Gasteiger partial charge is 0.268 e. The molecule has 0 saturated carbocycles. The van der Waals surface area contributed by atoms with Crippen LogP contribution in [0.1, 0.15) is 10.4 Å². The summed E-state index contributed by atoms with van der Waals surface area (Å²) in [5, 5.41) is 10.7. The van der Waals surface area contributed by atoms with Crippen LogP contribution in [0.3, 0.4) is 0 Å². The molecular formula is C12H8ClN3O5S. The highest BCUT2D eigenvalue weighted by Crippen LogP contribution is 2.23. The molecule has 1 amide bonds. The zero-order valence-corrected chi connectivity index (χ0v) is 12.3. The molecule has 0 aliphatic rings. The molecule has 8 nitrogen and oxygen atoms in total. The molecule has 1 aromatic heterocycles. The van der Waals surface area contributed by atoms with E-state index in [9.17, 15) is 23.3 Å². The van der Waals surface area contributed by atoms with Crippen LogP contribution in [0.5, 0.6) is 0 Å². The van der Waals surface area contributed by atoms with Gasteiger partial charge in [-0.2, -0.15) is 0 Å². The second-order valence-corrected chi connectivity index (χ2v) is 6.01. The van der Waals surface area contributed by atoms with Crippen molar-refractivity contribution in [2.45, 2.75) is 4.90 Å². The molecular weight excluding hydrogens is 334 g/mol. The standard InChI is InChI=1S/C12H8ClN3O5S/c13-11-8(4-3-7-14-11)12(17)15-22(20,21)10-6-2-1-5-9(10)16(18)19/h1-7H,(H,15,17). The highest BCUT2D eigenvalue weighted by molar-refractivity contribution is 7.90. The van der Waals surface area contributed by atoms with Gasteiger partial charge in [0, 0.05) is 12.3 Å². The predicted molar refractivity (Wildman–Crippen MR) is 77.0 cm³/mol. The number of para-hydroxylation sites is 1. The number of nitrogens with one attached hydrogen (secondary N) is 1. The third kappa shape index (κ3) is 3.21. The monoisotopic (exact) mass is 341 g/mol. The number of halogens is 1. The predicted octanol–water partition coefficient (Wildman–Crippen LogP) is 1.76. The van der Waals surface area contributed by atoms with Crippen molar-refractivity contribution in [1.82, 2.24) is 9.71 Å². The van der Waals surface area contributed by atoms with Crippen LogP contribution in [0.2, 0.25) is 5.15 Å². The summed E-state index contributed by atoms with van der Waals surface area (Å²) >= 11 is 5.70. The fraction of sp³-hybridized carbons (Fsp3) is 0. The number of carbonyl (C=O) groups is 1. The lowest BCUT2D eigenvalue weighted by Gasteiger charge is -2.07. The lowest BCUT2D eigenvalue weighted by molar-refractivity contribution is -0.387. The van der Waals surface area contributed by atoms with Crippen LogP contribution in [0.25, 0.3) is 0 Å². The summed E-state index contributed by atoms with van der Waals surface area (Å²) in [5.74, 6) is -1.03. The minimum absolute atomic E-state index is 0.161. The lowest BCUT2D eigenvalue weighted by Crippen LogP contribution is -2.31. The van der Waals surface area contributed by atoms with Gasteiger partial charge < -0.3 is 0 Å². The van der Waals surface area contributed by atoms with Gasteiger partial charge in [-0.3, -0.25) is 14.9 Å². The van der Waals surface area contributed by atoms with Gasteiger partial charge >= 0.3 is 0 Å². The molecule has 1 aromatic carbocycles. The van der Waals surface area contributed by atoms with E-state index in [1.807, 2.05) is 0 Å². The topological polar surface area (TPSA) is 119 Å². The summed E-state index contributed by atoms with van der Waals surface area (Å²) in [6.45, 7) is 0. The first-order valence-electron chi connectivity index (χ1n) is 5.74. The quantitative estimate of drug-likeness (QED) is 0.514. The Labute approximate surface area is 130 Å². The second-order valence-electron chi connectivity index (χ2n) is 4.00. The largest absolute Gasteiger partial charge is 0.289 e. The highest BCUT2D eigenvalue weighted by atomic mass is 35.5. The van der Waals surface area contributed by atoms with Gasteiger partial charge in [0.05, 0.1) is 10.5 Å². The average Bonchev–Trinajstić information content (AvgIpc) is 2.47. The summed E-state index contributed by atoms with van der Waals surface area (Å²) < 4.78 is 26.0. The van der Waals surface area contributed by atoms with Crippen LogP contribution < -0.4 is 4.72 Å². The van der Waals surface area contributed by atoms with E-state index in [0.717, 1.165) is 12.1 Å². The maximum atomic E-state index is 12.2. The van der Waals surface area contributed by atoms with E-state index in [1.54, 1.807) is 4.72 Å². The first kappa shape index (κ1) is 15.9. The number of benzene rings is 1. The van der Waals surface area contributed by atoms with Crippen LogP contribution >= 0.6 is 11.6 Å². The molecule has 0 aliphatic carbocycles. The van der Waals surface area contributed by atoms with Gasteiger partial charge in [-0.25, -0.2) is 18.1 Å². The van der Waals surface area contributed by atoms with Crippen LogP contribution in [-0.4, -0.2) is 24.2 Å². The zero-order chi connectivity index (χ0) is 16.3. The molecule has 0 unspecified atom stereocenters. The number of nitro groups is 1. The molecule has 0 aliphatic heterocycles. The Hall–Kier alpha value is -2.52. The van der Waals surface area contributed by atoms with Crippen molar-refractivity contribution in [1.29, 1.82) is 0 Å². The molecule has 0 atom stereocenters. The van der Waals surface area contributed by atoms with E-state index in [-0.39, 0.29) is 10.7 Å². The number of nitro benzene ring substituents is 1. The first-order chi connectivity index (χ1) is 10.3. The SMILES string of the molecule is O=C(NS(=O)(=O)c1ccccc1[N+](=O)[O-])c1cccnc1Cl. The Bertz CT molecular complexity index is 853. The van der Waals surface area contributed by atoms with E-state index in [2.05, 4.69) is 4.98 Å². The number of amides is 1. The van der Waals surface area contributed by atoms with Gasteiger partial charge in [0.25, 0.3) is 21.6 Å². The van der Waals surface area contributed by atoms with Crippen molar-refractivity contribution in [3.8, 4) is 0 Å². The second kappa shape index (κ2) is 6.08. The Balaban J connectivity index is 2.39. The van der Waals surface area contributed by atoms with Gasteiger partial charge in [0.15, 0.2) is 4.90 Å². The maximum absolute atomic E-state index is 12.2. The van der Waals surface area contributed by atoms with Crippen LogP contribution in [-0.2, 0) is 10.0 Å². The highest BCUT2D eigenvalue weighted by Gasteiger charge is 2.27. The Morgan fingerprint density at radius 1 is 1.23 bits per heavy atom. The van der Waals surface area contributed by atoms with Gasteiger partial charge in [-0.15, -0.1) is 0 Å². The van der Waals surface area contributed by atoms with Crippen LogP contribution in [0, 0.1) is 10.1 Å². The van der Waals surface area contributed by atoms with E-state index in [1.165, 1.54) is 30.5 Å². The zero-order valence-electron chi connectivity index (χ0n) is 10.8. The molecule has 0 fully saturated rings. The van der Waals surface area contributed by atoms with Crippen molar-refractivity contribution in [2.75, 3.05) is 0 Å². The molecule has 114 valence electrons. The number of nitrogens with zero attached hydrogens (tertiary/aromatic N) is 2. The van der Waals surface area contributed by atoms with Gasteiger partial charge in [-0.1, -0.05) is 23.7 Å². The maximum Gasteiger partial charge on any atom is 0.289 e. The van der Waals surface area contributed by atoms with E-state index in [0.29, 0.717) is 0 Å². The number of sulfonamides is 1. The van der Waals surface area contributed by atoms with Crippen molar-refractivity contribution < 1.29 is 18.1 Å². The third-order valence-electron chi connectivity index (χ3n) is 2.58. The minimum Gasteiger partial charge on any atom is -0.268 e. The van der Waals surface area contributed by atoms with Crippen molar-refractivity contribution >= 4 is 33.2 Å². The third-order valence-corrected chi connectivity index (χ3v) is 4.26. The number of aromatic nitrogens is 1. The van der Waals surface area contributed by atoms with Gasteiger partial charge in [-0.05, 0) is 18.2 Å². The molecule has 0 spiro atoms. The molecule has 0 radical (unpaired) electrons. The molecule has 22 heavy (non-hydrogen) atoms. The Morgan fingerprint density at radius 3 is 2.55 bits per heavy atom. The summed E-state index contributed by atoms with van der Waals surface area (Å²) in [4.78, 5) is 25.0. The number of rotatable bonds is 4. The summed E-state index contributed by atoms with van der Waals surface area (Å²) in [7, 11) is -4.43. The summed E-state index contributed by atoms with van der Waals surface area (Å²) in [6.07, 6.45) is 1.33. The minimum atomic E-state index is -4.43. The molecule has 0 saturated heterocycles. The van der Waals surface area contributed by atoms with Gasteiger partial charge in [0.1, 0.15) is 5.15 Å². The molecule has 1 N–H and O–H groups in total. The molecule has 0 bridgehead atoms. The number of hydrogen-bond acceptors (Lipinski definition) is 6.